The Hall–Kier alpha value is -1.12. The topological polar surface area (TPSA) is 43.4 Å². The van der Waals surface area contributed by atoms with Crippen molar-refractivity contribution in [3.63, 3.8) is 0 Å². The molecular weight excluding hydrogens is 216 g/mol. The zero-order valence-corrected chi connectivity index (χ0v) is 10.6. The molecule has 0 atom stereocenters. The normalized spacial score (nSPS) is 24.6. The minimum absolute atomic E-state index is 0.0413. The van der Waals surface area contributed by atoms with Crippen molar-refractivity contribution in [2.24, 2.45) is 5.41 Å². The molecule has 3 heteroatoms. The minimum Gasteiger partial charge on any atom is -0.459 e. The molecule has 2 rings (SSSR count). The molecule has 0 aromatic carbocycles. The van der Waals surface area contributed by atoms with Crippen LogP contribution in [0.25, 0.3) is 0 Å². The Balaban J connectivity index is 2.01. The second kappa shape index (κ2) is 4.63. The summed E-state index contributed by atoms with van der Waals surface area (Å²) in [4.78, 5) is 23.5. The lowest BCUT2D eigenvalue weighted by Gasteiger charge is -2.28. The molecule has 2 aliphatic carbocycles. The maximum Gasteiger partial charge on any atom is 0.334 e. The molecule has 0 spiro atoms. The van der Waals surface area contributed by atoms with Crippen LogP contribution in [0.5, 0.6) is 0 Å². The number of esters is 1. The molecule has 0 amide bonds. The van der Waals surface area contributed by atoms with Crippen molar-refractivity contribution in [3.05, 3.63) is 11.6 Å². The number of ketones is 1. The van der Waals surface area contributed by atoms with Crippen LogP contribution in [-0.2, 0) is 14.3 Å². The highest BCUT2D eigenvalue weighted by atomic mass is 16.5. The van der Waals surface area contributed by atoms with Crippen LogP contribution in [0.15, 0.2) is 11.6 Å². The van der Waals surface area contributed by atoms with Crippen LogP contribution in [0.3, 0.4) is 0 Å². The van der Waals surface area contributed by atoms with Gasteiger partial charge in [-0.15, -0.1) is 0 Å². The third-order valence-corrected chi connectivity index (χ3v) is 3.50. The number of carbonyl (C=O) groups is 2. The zero-order chi connectivity index (χ0) is 12.5. The van der Waals surface area contributed by atoms with Crippen molar-refractivity contribution in [2.45, 2.75) is 58.5 Å². The van der Waals surface area contributed by atoms with Gasteiger partial charge in [0, 0.05) is 12.0 Å². The number of hydrogen-bond acceptors (Lipinski definition) is 3. The van der Waals surface area contributed by atoms with Gasteiger partial charge in [0.1, 0.15) is 6.10 Å². The van der Waals surface area contributed by atoms with E-state index >= 15 is 0 Å². The fourth-order valence-corrected chi connectivity index (χ4v) is 2.71. The molecule has 0 heterocycles. The van der Waals surface area contributed by atoms with Gasteiger partial charge >= 0.3 is 5.97 Å². The standard InChI is InChI=1S/C14H20O3/c1-14(2)8-10(7-11(15)9-14)13(16)17-12-5-3-4-6-12/h7,12H,3-6,8-9H2,1-2H3. The molecule has 0 N–H and O–H groups in total. The lowest BCUT2D eigenvalue weighted by atomic mass is 9.77. The van der Waals surface area contributed by atoms with Gasteiger partial charge in [0.25, 0.3) is 0 Å². The Bertz CT molecular complexity index is 360. The Morgan fingerprint density at radius 1 is 1.29 bits per heavy atom. The van der Waals surface area contributed by atoms with Gasteiger partial charge < -0.3 is 4.74 Å². The van der Waals surface area contributed by atoms with E-state index in [-0.39, 0.29) is 23.3 Å². The van der Waals surface area contributed by atoms with Gasteiger partial charge in [0.15, 0.2) is 5.78 Å². The van der Waals surface area contributed by atoms with Crippen molar-refractivity contribution >= 4 is 11.8 Å². The van der Waals surface area contributed by atoms with Gasteiger partial charge in [-0.25, -0.2) is 4.79 Å². The maximum absolute atomic E-state index is 11.9. The summed E-state index contributed by atoms with van der Waals surface area (Å²) in [5.74, 6) is -0.238. The quantitative estimate of drug-likeness (QED) is 0.692. The Morgan fingerprint density at radius 3 is 2.53 bits per heavy atom. The van der Waals surface area contributed by atoms with E-state index in [4.69, 9.17) is 4.74 Å². The highest BCUT2D eigenvalue weighted by Crippen LogP contribution is 2.34. The van der Waals surface area contributed by atoms with Gasteiger partial charge in [-0.3, -0.25) is 4.79 Å². The summed E-state index contributed by atoms with van der Waals surface area (Å²) in [5.41, 5.74) is 0.439. The summed E-state index contributed by atoms with van der Waals surface area (Å²) in [6.45, 7) is 4.03. The van der Waals surface area contributed by atoms with Crippen LogP contribution in [0.4, 0.5) is 0 Å². The molecule has 1 saturated carbocycles. The molecule has 1 fully saturated rings. The number of carbonyl (C=O) groups excluding carboxylic acids is 2. The summed E-state index contributed by atoms with van der Waals surface area (Å²) in [6.07, 6.45) is 6.93. The highest BCUT2D eigenvalue weighted by Gasteiger charge is 2.32. The van der Waals surface area contributed by atoms with Gasteiger partial charge in [-0.2, -0.15) is 0 Å². The minimum atomic E-state index is -0.280. The fourth-order valence-electron chi connectivity index (χ4n) is 2.71. The second-order valence-electron chi connectivity index (χ2n) is 5.97. The van der Waals surface area contributed by atoms with Crippen LogP contribution in [-0.4, -0.2) is 17.9 Å². The van der Waals surface area contributed by atoms with E-state index in [2.05, 4.69) is 0 Å². The van der Waals surface area contributed by atoms with E-state index in [1.54, 1.807) is 0 Å². The number of hydrogen-bond donors (Lipinski definition) is 0. The number of rotatable bonds is 2. The number of ether oxygens (including phenoxy) is 1. The summed E-state index contributed by atoms with van der Waals surface area (Å²) < 4.78 is 5.43. The predicted molar refractivity (Wildman–Crippen MR) is 64.5 cm³/mol. The molecule has 17 heavy (non-hydrogen) atoms. The van der Waals surface area contributed by atoms with Gasteiger partial charge in [-0.1, -0.05) is 13.8 Å². The zero-order valence-electron chi connectivity index (χ0n) is 10.6. The van der Waals surface area contributed by atoms with E-state index in [0.717, 1.165) is 25.7 Å². The van der Waals surface area contributed by atoms with Crippen molar-refractivity contribution in [1.82, 2.24) is 0 Å². The van der Waals surface area contributed by atoms with Crippen LogP contribution < -0.4 is 0 Å². The first kappa shape index (κ1) is 12.3. The van der Waals surface area contributed by atoms with E-state index in [0.29, 0.717) is 18.4 Å². The molecule has 2 aliphatic rings. The molecule has 0 unspecified atom stereocenters. The van der Waals surface area contributed by atoms with Crippen LogP contribution in [0.2, 0.25) is 0 Å². The first-order valence-corrected chi connectivity index (χ1v) is 6.41. The molecule has 0 aliphatic heterocycles. The van der Waals surface area contributed by atoms with Crippen molar-refractivity contribution < 1.29 is 14.3 Å². The van der Waals surface area contributed by atoms with E-state index in [9.17, 15) is 9.59 Å². The van der Waals surface area contributed by atoms with E-state index in [1.807, 2.05) is 13.8 Å². The molecular formula is C14H20O3. The lowest BCUT2D eigenvalue weighted by molar-refractivity contribution is -0.145. The SMILES string of the molecule is CC1(C)CC(=O)C=C(C(=O)OC2CCCC2)C1. The summed E-state index contributed by atoms with van der Waals surface area (Å²) in [5, 5.41) is 0. The van der Waals surface area contributed by atoms with Crippen molar-refractivity contribution in [1.29, 1.82) is 0 Å². The highest BCUT2D eigenvalue weighted by molar-refractivity contribution is 6.01. The van der Waals surface area contributed by atoms with Gasteiger partial charge in [0.2, 0.25) is 0 Å². The van der Waals surface area contributed by atoms with Crippen LogP contribution in [0, 0.1) is 5.41 Å². The van der Waals surface area contributed by atoms with Crippen molar-refractivity contribution in [2.75, 3.05) is 0 Å². The Kier molecular flexibility index (Phi) is 3.36. The van der Waals surface area contributed by atoms with Gasteiger partial charge in [-0.05, 0) is 43.6 Å². The molecule has 0 aromatic heterocycles. The number of allylic oxidation sites excluding steroid dienone is 1. The third-order valence-electron chi connectivity index (χ3n) is 3.50. The smallest absolute Gasteiger partial charge is 0.334 e. The second-order valence-corrected chi connectivity index (χ2v) is 5.97. The summed E-state index contributed by atoms with van der Waals surface area (Å²) in [6, 6.07) is 0. The van der Waals surface area contributed by atoms with Crippen LogP contribution in [0.1, 0.15) is 52.4 Å². The maximum atomic E-state index is 11.9. The van der Waals surface area contributed by atoms with Crippen LogP contribution >= 0.6 is 0 Å². The molecule has 0 radical (unpaired) electrons. The molecule has 0 saturated heterocycles. The van der Waals surface area contributed by atoms with Crippen molar-refractivity contribution in [3.8, 4) is 0 Å². The van der Waals surface area contributed by atoms with E-state index < -0.39 is 0 Å². The summed E-state index contributed by atoms with van der Waals surface area (Å²) in [7, 11) is 0. The predicted octanol–water partition coefficient (Wildman–Crippen LogP) is 2.79. The molecule has 3 nitrogen and oxygen atoms in total. The van der Waals surface area contributed by atoms with E-state index in [1.165, 1.54) is 6.08 Å². The monoisotopic (exact) mass is 236 g/mol. The average Bonchev–Trinajstić information content (AvgIpc) is 2.67. The molecule has 0 bridgehead atoms. The molecule has 94 valence electrons. The largest absolute Gasteiger partial charge is 0.459 e. The van der Waals surface area contributed by atoms with Gasteiger partial charge in [0.05, 0.1) is 0 Å². The third kappa shape index (κ3) is 3.18. The first-order valence-electron chi connectivity index (χ1n) is 6.41. The Morgan fingerprint density at radius 2 is 1.94 bits per heavy atom. The first-order chi connectivity index (χ1) is 7.96. The molecule has 0 aromatic rings. The Labute approximate surface area is 102 Å². The average molecular weight is 236 g/mol. The summed E-state index contributed by atoms with van der Waals surface area (Å²) >= 11 is 0. The fraction of sp³-hybridized carbons (Fsp3) is 0.714. The lowest BCUT2D eigenvalue weighted by Crippen LogP contribution is -2.27.